The molecule has 1 aromatic carbocycles. The second kappa shape index (κ2) is 7.09. The van der Waals surface area contributed by atoms with E-state index >= 15 is 0 Å². The first-order valence-corrected chi connectivity index (χ1v) is 8.01. The first-order chi connectivity index (χ1) is 10.0. The Bertz CT molecular complexity index is 589. The largest absolute Gasteiger partial charge is 0.355 e. The van der Waals surface area contributed by atoms with Gasteiger partial charge in [-0.1, -0.05) is 35.0 Å². The molecule has 0 aliphatic carbocycles. The third-order valence-electron chi connectivity index (χ3n) is 3.56. The molecule has 4 nitrogen and oxygen atoms in total. The maximum Gasteiger partial charge on any atom is 0.131 e. The lowest BCUT2D eigenvalue weighted by atomic mass is 10.2. The van der Waals surface area contributed by atoms with Crippen LogP contribution in [0.25, 0.3) is 0 Å². The molecule has 2 aromatic rings. The van der Waals surface area contributed by atoms with Gasteiger partial charge in [0.2, 0.25) is 0 Å². The summed E-state index contributed by atoms with van der Waals surface area (Å²) in [6.45, 7) is 6.88. The smallest absolute Gasteiger partial charge is 0.131 e. The van der Waals surface area contributed by atoms with E-state index in [-0.39, 0.29) is 0 Å². The number of rotatable bonds is 6. The van der Waals surface area contributed by atoms with Gasteiger partial charge in [0.1, 0.15) is 5.82 Å². The SMILES string of the molecule is CCNCc1c(C)nn(C)c1N(C)Cc1ccc(Br)cc1. The number of nitrogens with one attached hydrogen (secondary N) is 1. The van der Waals surface area contributed by atoms with Crippen LogP contribution in [0.15, 0.2) is 28.7 Å². The van der Waals surface area contributed by atoms with E-state index in [9.17, 15) is 0 Å². The fraction of sp³-hybridized carbons (Fsp3) is 0.438. The highest BCUT2D eigenvalue weighted by Gasteiger charge is 2.16. The fourth-order valence-corrected chi connectivity index (χ4v) is 2.83. The van der Waals surface area contributed by atoms with Crippen molar-refractivity contribution in [1.82, 2.24) is 15.1 Å². The van der Waals surface area contributed by atoms with Crippen molar-refractivity contribution in [3.8, 4) is 0 Å². The molecule has 0 fully saturated rings. The van der Waals surface area contributed by atoms with Crippen LogP contribution in [0.5, 0.6) is 0 Å². The van der Waals surface area contributed by atoms with Gasteiger partial charge >= 0.3 is 0 Å². The molecule has 0 spiro atoms. The van der Waals surface area contributed by atoms with E-state index in [1.165, 1.54) is 16.9 Å². The van der Waals surface area contributed by atoms with Crippen LogP contribution in [-0.2, 0) is 20.1 Å². The molecule has 114 valence electrons. The predicted octanol–water partition coefficient (Wildman–Crippen LogP) is 3.24. The van der Waals surface area contributed by atoms with Gasteiger partial charge in [-0.15, -0.1) is 0 Å². The van der Waals surface area contributed by atoms with Crippen molar-refractivity contribution < 1.29 is 0 Å². The lowest BCUT2D eigenvalue weighted by Crippen LogP contribution is -2.22. The molecule has 2 rings (SSSR count). The number of nitrogens with zero attached hydrogens (tertiary/aromatic N) is 3. The Morgan fingerprint density at radius 1 is 1.29 bits per heavy atom. The molecule has 1 N–H and O–H groups in total. The second-order valence-corrected chi connectivity index (χ2v) is 6.19. The Morgan fingerprint density at radius 2 is 1.95 bits per heavy atom. The third kappa shape index (κ3) is 3.86. The van der Waals surface area contributed by atoms with Gasteiger partial charge in [-0.2, -0.15) is 5.10 Å². The molecule has 21 heavy (non-hydrogen) atoms. The zero-order valence-corrected chi connectivity index (χ0v) is 14.7. The van der Waals surface area contributed by atoms with Crippen LogP contribution in [0, 0.1) is 6.92 Å². The van der Waals surface area contributed by atoms with E-state index in [1.807, 2.05) is 11.7 Å². The van der Waals surface area contributed by atoms with Crippen LogP contribution in [0.3, 0.4) is 0 Å². The molecule has 5 heteroatoms. The Labute approximate surface area is 135 Å². The zero-order valence-electron chi connectivity index (χ0n) is 13.2. The van der Waals surface area contributed by atoms with Crippen LogP contribution < -0.4 is 10.2 Å². The Hall–Kier alpha value is -1.33. The molecule has 0 saturated heterocycles. The minimum Gasteiger partial charge on any atom is -0.355 e. The van der Waals surface area contributed by atoms with Crippen LogP contribution in [0.1, 0.15) is 23.7 Å². The molecule has 0 aliphatic rings. The average molecular weight is 351 g/mol. The molecule has 0 saturated carbocycles. The molecule has 1 heterocycles. The van der Waals surface area contributed by atoms with Crippen LogP contribution >= 0.6 is 15.9 Å². The summed E-state index contributed by atoms with van der Waals surface area (Å²) >= 11 is 3.48. The molecule has 0 amide bonds. The van der Waals surface area contributed by atoms with E-state index in [4.69, 9.17) is 0 Å². The molecule has 0 aliphatic heterocycles. The highest BCUT2D eigenvalue weighted by atomic mass is 79.9. The second-order valence-electron chi connectivity index (χ2n) is 5.27. The van der Waals surface area contributed by atoms with Gasteiger partial charge in [0, 0.05) is 37.2 Å². The average Bonchev–Trinajstić information content (AvgIpc) is 2.73. The van der Waals surface area contributed by atoms with Crippen molar-refractivity contribution in [3.63, 3.8) is 0 Å². The summed E-state index contributed by atoms with van der Waals surface area (Å²) in [7, 11) is 4.13. The van der Waals surface area contributed by atoms with Gasteiger partial charge in [0.15, 0.2) is 0 Å². The van der Waals surface area contributed by atoms with Gasteiger partial charge in [-0.25, -0.2) is 0 Å². The maximum atomic E-state index is 4.57. The van der Waals surface area contributed by atoms with Gasteiger partial charge < -0.3 is 10.2 Å². The first kappa shape index (κ1) is 16.0. The summed E-state index contributed by atoms with van der Waals surface area (Å²) in [4.78, 5) is 2.26. The molecule has 0 bridgehead atoms. The molecular formula is C16H23BrN4. The standard InChI is InChI=1S/C16H23BrN4/c1-5-18-10-15-12(2)19-21(4)16(15)20(3)11-13-6-8-14(17)9-7-13/h6-9,18H,5,10-11H2,1-4H3. The van der Waals surface area contributed by atoms with Crippen molar-refractivity contribution in [1.29, 1.82) is 0 Å². The first-order valence-electron chi connectivity index (χ1n) is 7.21. The molecule has 0 atom stereocenters. The number of halogens is 1. The Kier molecular flexibility index (Phi) is 5.42. The number of hydrogen-bond donors (Lipinski definition) is 1. The predicted molar refractivity (Wildman–Crippen MR) is 91.6 cm³/mol. The normalized spacial score (nSPS) is 10.9. The molecule has 0 radical (unpaired) electrons. The fourth-order valence-electron chi connectivity index (χ4n) is 2.56. The quantitative estimate of drug-likeness (QED) is 0.867. The molecule has 0 unspecified atom stereocenters. The van der Waals surface area contributed by atoms with Crippen LogP contribution in [0.4, 0.5) is 5.82 Å². The van der Waals surface area contributed by atoms with E-state index in [0.29, 0.717) is 0 Å². The van der Waals surface area contributed by atoms with Gasteiger partial charge in [0.25, 0.3) is 0 Å². The summed E-state index contributed by atoms with van der Waals surface area (Å²) in [5.41, 5.74) is 3.66. The molecule has 1 aromatic heterocycles. The number of aryl methyl sites for hydroxylation is 2. The van der Waals surface area contributed by atoms with E-state index < -0.39 is 0 Å². The monoisotopic (exact) mass is 350 g/mol. The lowest BCUT2D eigenvalue weighted by Gasteiger charge is -2.21. The summed E-state index contributed by atoms with van der Waals surface area (Å²) in [5, 5.41) is 7.97. The highest BCUT2D eigenvalue weighted by molar-refractivity contribution is 9.10. The van der Waals surface area contributed by atoms with Crippen LogP contribution in [-0.4, -0.2) is 23.4 Å². The van der Waals surface area contributed by atoms with Crippen molar-refractivity contribution >= 4 is 21.7 Å². The van der Waals surface area contributed by atoms with Gasteiger partial charge in [0.05, 0.1) is 5.69 Å². The highest BCUT2D eigenvalue weighted by Crippen LogP contribution is 2.24. The van der Waals surface area contributed by atoms with Crippen molar-refractivity contribution in [3.05, 3.63) is 45.6 Å². The topological polar surface area (TPSA) is 33.1 Å². The summed E-state index contributed by atoms with van der Waals surface area (Å²) in [6.07, 6.45) is 0. The summed E-state index contributed by atoms with van der Waals surface area (Å²) in [5.74, 6) is 1.18. The number of aromatic nitrogens is 2. The number of hydrogen-bond acceptors (Lipinski definition) is 3. The number of benzene rings is 1. The van der Waals surface area contributed by atoms with Crippen molar-refractivity contribution in [2.45, 2.75) is 26.9 Å². The Balaban J connectivity index is 2.21. The van der Waals surface area contributed by atoms with E-state index in [0.717, 1.165) is 29.8 Å². The summed E-state index contributed by atoms with van der Waals surface area (Å²) < 4.78 is 3.08. The van der Waals surface area contributed by atoms with Crippen LogP contribution in [0.2, 0.25) is 0 Å². The van der Waals surface area contributed by atoms with Gasteiger partial charge in [-0.3, -0.25) is 4.68 Å². The van der Waals surface area contributed by atoms with Crippen molar-refractivity contribution in [2.24, 2.45) is 7.05 Å². The number of anilines is 1. The lowest BCUT2D eigenvalue weighted by molar-refractivity contribution is 0.709. The molecular weight excluding hydrogens is 328 g/mol. The summed E-state index contributed by atoms with van der Waals surface area (Å²) in [6, 6.07) is 8.45. The Morgan fingerprint density at radius 3 is 2.57 bits per heavy atom. The zero-order chi connectivity index (χ0) is 15.4. The minimum atomic E-state index is 0.857. The van der Waals surface area contributed by atoms with E-state index in [1.54, 1.807) is 0 Å². The minimum absolute atomic E-state index is 0.857. The van der Waals surface area contributed by atoms with Crippen molar-refractivity contribution in [2.75, 3.05) is 18.5 Å². The van der Waals surface area contributed by atoms with Gasteiger partial charge in [-0.05, 0) is 31.2 Å². The van der Waals surface area contributed by atoms with E-state index in [2.05, 4.69) is 76.4 Å². The maximum absolute atomic E-state index is 4.57. The third-order valence-corrected chi connectivity index (χ3v) is 4.09.